The van der Waals surface area contributed by atoms with Gasteiger partial charge >= 0.3 is 0 Å². The van der Waals surface area contributed by atoms with E-state index in [0.29, 0.717) is 18.1 Å². The molecule has 0 radical (unpaired) electrons. The maximum Gasteiger partial charge on any atom is 0.131 e. The van der Waals surface area contributed by atoms with Gasteiger partial charge < -0.3 is 15.0 Å². The van der Waals surface area contributed by atoms with E-state index in [4.69, 9.17) is 9.72 Å². The summed E-state index contributed by atoms with van der Waals surface area (Å²) in [4.78, 5) is 11.7. The molecule has 5 heteroatoms. The molecule has 0 bridgehead atoms. The zero-order valence-electron chi connectivity index (χ0n) is 13.3. The SMILES string of the molecule is COC1CCN(c2cnc(C(C)C)nc2CNC2CC2)C1. The largest absolute Gasteiger partial charge is 0.380 e. The molecule has 1 atom stereocenters. The molecule has 1 aromatic heterocycles. The quantitative estimate of drug-likeness (QED) is 0.869. The lowest BCUT2D eigenvalue weighted by Gasteiger charge is -2.22. The van der Waals surface area contributed by atoms with Crippen LogP contribution in [0.2, 0.25) is 0 Å². The zero-order chi connectivity index (χ0) is 14.8. The second kappa shape index (κ2) is 6.28. The lowest BCUT2D eigenvalue weighted by molar-refractivity contribution is 0.121. The van der Waals surface area contributed by atoms with E-state index < -0.39 is 0 Å². The van der Waals surface area contributed by atoms with Gasteiger partial charge in [-0.2, -0.15) is 0 Å². The van der Waals surface area contributed by atoms with Crippen molar-refractivity contribution in [3.63, 3.8) is 0 Å². The molecule has 1 saturated heterocycles. The van der Waals surface area contributed by atoms with Gasteiger partial charge in [0.2, 0.25) is 0 Å². The van der Waals surface area contributed by atoms with Crippen molar-refractivity contribution in [3.8, 4) is 0 Å². The normalized spacial score (nSPS) is 22.3. The van der Waals surface area contributed by atoms with E-state index in [2.05, 4.69) is 29.0 Å². The molecule has 1 N–H and O–H groups in total. The van der Waals surface area contributed by atoms with Crippen LogP contribution in [0.5, 0.6) is 0 Å². The Kier molecular flexibility index (Phi) is 4.40. The minimum atomic E-state index is 0.332. The van der Waals surface area contributed by atoms with Crippen LogP contribution in [0.3, 0.4) is 0 Å². The van der Waals surface area contributed by atoms with Crippen LogP contribution in [0.1, 0.15) is 50.5 Å². The Bertz CT molecular complexity index is 487. The van der Waals surface area contributed by atoms with Gasteiger partial charge in [0.25, 0.3) is 0 Å². The fourth-order valence-corrected chi connectivity index (χ4v) is 2.77. The van der Waals surface area contributed by atoms with Crippen LogP contribution in [-0.2, 0) is 11.3 Å². The zero-order valence-corrected chi connectivity index (χ0v) is 13.3. The fraction of sp³-hybridized carbons (Fsp3) is 0.750. The molecule has 2 aliphatic rings. The van der Waals surface area contributed by atoms with Gasteiger partial charge in [0.05, 0.1) is 23.7 Å². The Hall–Kier alpha value is -1.20. The topological polar surface area (TPSA) is 50.3 Å². The van der Waals surface area contributed by atoms with Crippen LogP contribution < -0.4 is 10.2 Å². The third-order valence-electron chi connectivity index (χ3n) is 4.34. The number of anilines is 1. The fourth-order valence-electron chi connectivity index (χ4n) is 2.77. The van der Waals surface area contributed by atoms with Gasteiger partial charge in [0.1, 0.15) is 5.82 Å². The minimum Gasteiger partial charge on any atom is -0.380 e. The van der Waals surface area contributed by atoms with Gasteiger partial charge in [-0.1, -0.05) is 13.8 Å². The van der Waals surface area contributed by atoms with Crippen molar-refractivity contribution in [3.05, 3.63) is 17.7 Å². The van der Waals surface area contributed by atoms with Crippen LogP contribution >= 0.6 is 0 Å². The van der Waals surface area contributed by atoms with Crippen molar-refractivity contribution < 1.29 is 4.74 Å². The number of ether oxygens (including phenoxy) is 1. The molecule has 1 saturated carbocycles. The summed E-state index contributed by atoms with van der Waals surface area (Å²) in [7, 11) is 1.79. The highest BCUT2D eigenvalue weighted by Crippen LogP contribution is 2.26. The van der Waals surface area contributed by atoms with E-state index in [9.17, 15) is 0 Å². The number of nitrogens with zero attached hydrogens (tertiary/aromatic N) is 3. The predicted octanol–water partition coefficient (Wildman–Crippen LogP) is 2.08. The lowest BCUT2D eigenvalue weighted by atomic mass is 10.2. The summed E-state index contributed by atoms with van der Waals surface area (Å²) in [6.07, 6.45) is 6.02. The van der Waals surface area contributed by atoms with E-state index in [1.165, 1.54) is 18.5 Å². The van der Waals surface area contributed by atoms with Crippen LogP contribution in [0, 0.1) is 0 Å². The highest BCUT2D eigenvalue weighted by atomic mass is 16.5. The first-order valence-corrected chi connectivity index (χ1v) is 8.04. The van der Waals surface area contributed by atoms with Gasteiger partial charge in [-0.3, -0.25) is 0 Å². The highest BCUT2D eigenvalue weighted by molar-refractivity contribution is 5.50. The van der Waals surface area contributed by atoms with Gasteiger partial charge in [0, 0.05) is 38.7 Å². The van der Waals surface area contributed by atoms with E-state index in [1.54, 1.807) is 7.11 Å². The number of rotatable bonds is 6. The van der Waals surface area contributed by atoms with E-state index in [1.807, 2.05) is 6.20 Å². The molecule has 1 unspecified atom stereocenters. The maximum absolute atomic E-state index is 5.47. The van der Waals surface area contributed by atoms with Gasteiger partial charge in [-0.25, -0.2) is 9.97 Å². The van der Waals surface area contributed by atoms with Crippen LogP contribution in [0.25, 0.3) is 0 Å². The average molecular weight is 290 g/mol. The number of hydrogen-bond acceptors (Lipinski definition) is 5. The molecule has 0 aromatic carbocycles. The summed E-state index contributed by atoms with van der Waals surface area (Å²) >= 11 is 0. The lowest BCUT2D eigenvalue weighted by Crippen LogP contribution is -2.26. The molecule has 3 rings (SSSR count). The van der Waals surface area contributed by atoms with Gasteiger partial charge in [0.15, 0.2) is 0 Å². The Labute approximate surface area is 127 Å². The van der Waals surface area contributed by atoms with Crippen molar-refractivity contribution in [1.82, 2.24) is 15.3 Å². The number of aromatic nitrogens is 2. The van der Waals surface area contributed by atoms with Crippen molar-refractivity contribution in [2.45, 2.75) is 57.7 Å². The molecule has 0 amide bonds. The first-order valence-electron chi connectivity index (χ1n) is 8.04. The summed E-state index contributed by atoms with van der Waals surface area (Å²) in [6.45, 7) is 7.10. The molecule has 2 fully saturated rings. The van der Waals surface area contributed by atoms with Crippen molar-refractivity contribution in [2.24, 2.45) is 0 Å². The summed E-state index contributed by atoms with van der Waals surface area (Å²) < 4.78 is 5.47. The summed E-state index contributed by atoms with van der Waals surface area (Å²) in [5, 5.41) is 3.58. The number of nitrogens with one attached hydrogen (secondary N) is 1. The smallest absolute Gasteiger partial charge is 0.131 e. The average Bonchev–Trinajstić information content (AvgIpc) is 3.20. The molecule has 2 heterocycles. The second-order valence-corrected chi connectivity index (χ2v) is 6.46. The monoisotopic (exact) mass is 290 g/mol. The molecule has 0 spiro atoms. The summed E-state index contributed by atoms with van der Waals surface area (Å²) in [5.74, 6) is 1.30. The summed E-state index contributed by atoms with van der Waals surface area (Å²) in [6, 6.07) is 0.695. The molecule has 1 aliphatic heterocycles. The first-order chi connectivity index (χ1) is 10.2. The second-order valence-electron chi connectivity index (χ2n) is 6.46. The Morgan fingerprint density at radius 2 is 2.19 bits per heavy atom. The van der Waals surface area contributed by atoms with Crippen LogP contribution in [-0.4, -0.2) is 42.3 Å². The van der Waals surface area contributed by atoms with E-state index in [-0.39, 0.29) is 0 Å². The minimum absolute atomic E-state index is 0.332. The molecular formula is C16H26N4O. The van der Waals surface area contributed by atoms with E-state index in [0.717, 1.165) is 37.6 Å². The van der Waals surface area contributed by atoms with E-state index >= 15 is 0 Å². The number of methoxy groups -OCH3 is 1. The molecule has 21 heavy (non-hydrogen) atoms. The van der Waals surface area contributed by atoms with Crippen LogP contribution in [0.15, 0.2) is 6.20 Å². The Morgan fingerprint density at radius 3 is 2.81 bits per heavy atom. The molecule has 1 aromatic rings. The molecule has 1 aliphatic carbocycles. The van der Waals surface area contributed by atoms with Gasteiger partial charge in [-0.15, -0.1) is 0 Å². The Morgan fingerprint density at radius 1 is 1.38 bits per heavy atom. The standard InChI is InChI=1S/C16H26N4O/c1-11(2)16-18-9-15(20-7-6-13(10-20)21-3)14(19-16)8-17-12-4-5-12/h9,11-13,17H,4-8,10H2,1-3H3. The molecule has 5 nitrogen and oxygen atoms in total. The predicted molar refractivity (Wildman–Crippen MR) is 83.6 cm³/mol. The van der Waals surface area contributed by atoms with Crippen molar-refractivity contribution in [1.29, 1.82) is 0 Å². The third kappa shape index (κ3) is 3.52. The first kappa shape index (κ1) is 14.7. The van der Waals surface area contributed by atoms with Crippen molar-refractivity contribution in [2.75, 3.05) is 25.1 Å². The van der Waals surface area contributed by atoms with Crippen LogP contribution in [0.4, 0.5) is 5.69 Å². The molecule has 116 valence electrons. The maximum atomic E-state index is 5.47. The van der Waals surface area contributed by atoms with Gasteiger partial charge in [-0.05, 0) is 19.3 Å². The van der Waals surface area contributed by atoms with Crippen molar-refractivity contribution >= 4 is 5.69 Å². The number of hydrogen-bond donors (Lipinski definition) is 1. The molecular weight excluding hydrogens is 264 g/mol. The third-order valence-corrected chi connectivity index (χ3v) is 4.34. The highest BCUT2D eigenvalue weighted by Gasteiger charge is 2.26. The Balaban J connectivity index is 1.79. The summed E-state index contributed by atoms with van der Waals surface area (Å²) in [5.41, 5.74) is 2.31.